The maximum absolute atomic E-state index is 11.7. The molecule has 0 aliphatic carbocycles. The summed E-state index contributed by atoms with van der Waals surface area (Å²) in [4.78, 5) is 16.1. The summed E-state index contributed by atoms with van der Waals surface area (Å²) >= 11 is 0. The number of phenols is 1. The maximum atomic E-state index is 11.7. The number of rotatable bonds is 2. The van der Waals surface area contributed by atoms with Gasteiger partial charge in [-0.05, 0) is 19.4 Å². The molecule has 0 saturated carbocycles. The average Bonchev–Trinajstić information content (AvgIpc) is 2.80. The van der Waals surface area contributed by atoms with Gasteiger partial charge in [0.05, 0.1) is 0 Å². The van der Waals surface area contributed by atoms with Crippen LogP contribution < -0.4 is 0 Å². The Morgan fingerprint density at radius 3 is 2.89 bits per heavy atom. The van der Waals surface area contributed by atoms with E-state index in [4.69, 9.17) is 0 Å². The topological polar surface area (TPSA) is 43.8 Å². The fourth-order valence-corrected chi connectivity index (χ4v) is 3.28. The molecule has 3 rings (SSSR count). The van der Waals surface area contributed by atoms with Gasteiger partial charge in [0.15, 0.2) is 0 Å². The number of phenolic OH excluding ortho intramolecular Hbond substituents is 1. The Bertz CT molecular complexity index is 489. The van der Waals surface area contributed by atoms with Crippen LogP contribution in [0.3, 0.4) is 0 Å². The molecule has 2 aliphatic rings. The van der Waals surface area contributed by atoms with E-state index in [1.165, 1.54) is 0 Å². The van der Waals surface area contributed by atoms with E-state index < -0.39 is 0 Å². The maximum Gasteiger partial charge on any atom is 0.222 e. The van der Waals surface area contributed by atoms with Crippen molar-refractivity contribution in [1.82, 2.24) is 9.80 Å². The lowest BCUT2D eigenvalue weighted by molar-refractivity contribution is -0.131. The predicted molar refractivity (Wildman–Crippen MR) is 72.8 cm³/mol. The molecule has 2 heterocycles. The van der Waals surface area contributed by atoms with Crippen LogP contribution in [0.5, 0.6) is 5.75 Å². The third kappa shape index (κ3) is 2.21. The molecule has 2 fully saturated rings. The van der Waals surface area contributed by atoms with Gasteiger partial charge < -0.3 is 10.0 Å². The van der Waals surface area contributed by atoms with Gasteiger partial charge in [0.2, 0.25) is 5.91 Å². The molecule has 2 saturated heterocycles. The molecule has 1 N–H and O–H groups in total. The van der Waals surface area contributed by atoms with Gasteiger partial charge in [-0.15, -0.1) is 0 Å². The molecule has 0 aromatic heterocycles. The molecule has 102 valence electrons. The summed E-state index contributed by atoms with van der Waals surface area (Å²) in [7, 11) is 0. The Labute approximate surface area is 113 Å². The van der Waals surface area contributed by atoms with Gasteiger partial charge in [0.1, 0.15) is 5.75 Å². The van der Waals surface area contributed by atoms with Gasteiger partial charge >= 0.3 is 0 Å². The number of benzene rings is 1. The van der Waals surface area contributed by atoms with Crippen molar-refractivity contribution < 1.29 is 9.90 Å². The summed E-state index contributed by atoms with van der Waals surface area (Å²) in [5.41, 5.74) is 0.972. The van der Waals surface area contributed by atoms with Gasteiger partial charge in [-0.2, -0.15) is 0 Å². The van der Waals surface area contributed by atoms with Crippen LogP contribution in [0.15, 0.2) is 24.3 Å². The van der Waals surface area contributed by atoms with Crippen molar-refractivity contribution in [2.24, 2.45) is 0 Å². The number of nitrogens with zero attached hydrogens (tertiary/aromatic N) is 2. The van der Waals surface area contributed by atoms with E-state index in [0.29, 0.717) is 24.1 Å². The van der Waals surface area contributed by atoms with Crippen LogP contribution in [0.25, 0.3) is 0 Å². The smallest absolute Gasteiger partial charge is 0.222 e. The Kier molecular flexibility index (Phi) is 3.19. The Hall–Kier alpha value is -1.55. The molecule has 4 heteroatoms. The van der Waals surface area contributed by atoms with Crippen molar-refractivity contribution in [2.45, 2.75) is 31.8 Å². The number of carbonyl (C=O) groups is 1. The second-order valence-electron chi connectivity index (χ2n) is 5.51. The van der Waals surface area contributed by atoms with Crippen molar-refractivity contribution in [2.75, 3.05) is 19.6 Å². The van der Waals surface area contributed by atoms with E-state index in [1.54, 1.807) is 6.07 Å². The first kappa shape index (κ1) is 12.5. The highest BCUT2D eigenvalue weighted by molar-refractivity contribution is 5.78. The van der Waals surface area contributed by atoms with Gasteiger partial charge in [-0.1, -0.05) is 18.2 Å². The monoisotopic (exact) mass is 260 g/mol. The van der Waals surface area contributed by atoms with Gasteiger partial charge in [-0.3, -0.25) is 9.69 Å². The Morgan fingerprint density at radius 2 is 2.11 bits per heavy atom. The lowest BCUT2D eigenvalue weighted by Gasteiger charge is -2.40. The van der Waals surface area contributed by atoms with E-state index in [1.807, 2.05) is 23.1 Å². The highest BCUT2D eigenvalue weighted by Gasteiger charge is 2.37. The lowest BCUT2D eigenvalue weighted by Crippen LogP contribution is -2.51. The van der Waals surface area contributed by atoms with Crippen molar-refractivity contribution >= 4 is 5.91 Å². The second kappa shape index (κ2) is 4.85. The largest absolute Gasteiger partial charge is 0.508 e. The van der Waals surface area contributed by atoms with Crippen LogP contribution in [0.4, 0.5) is 0 Å². The van der Waals surface area contributed by atoms with Crippen LogP contribution in [-0.2, 0) is 4.79 Å². The summed E-state index contributed by atoms with van der Waals surface area (Å²) in [5, 5.41) is 9.95. The molecular weight excluding hydrogens is 240 g/mol. The van der Waals surface area contributed by atoms with Gasteiger partial charge in [0, 0.05) is 43.7 Å². The quantitative estimate of drug-likeness (QED) is 0.881. The molecule has 4 nitrogen and oxygen atoms in total. The van der Waals surface area contributed by atoms with Gasteiger partial charge in [0.25, 0.3) is 0 Å². The first-order chi connectivity index (χ1) is 9.16. The molecule has 0 spiro atoms. The molecular formula is C15H20N2O2. The number of piperazine rings is 1. The van der Waals surface area contributed by atoms with E-state index in [9.17, 15) is 9.90 Å². The first-order valence-corrected chi connectivity index (χ1v) is 6.98. The number of amides is 1. The Morgan fingerprint density at radius 1 is 1.32 bits per heavy atom. The van der Waals surface area contributed by atoms with E-state index in [2.05, 4.69) is 11.8 Å². The summed E-state index contributed by atoms with van der Waals surface area (Å²) in [5.74, 6) is 0.666. The number of hydrogen-bond acceptors (Lipinski definition) is 3. The summed E-state index contributed by atoms with van der Waals surface area (Å²) in [6, 6.07) is 8.08. The minimum atomic E-state index is 0.194. The Balaban J connectivity index is 1.74. The molecule has 2 aliphatic heterocycles. The molecule has 1 aromatic carbocycles. The summed E-state index contributed by atoms with van der Waals surface area (Å²) in [6.07, 6.45) is 1.67. The van der Waals surface area contributed by atoms with Crippen molar-refractivity contribution in [1.29, 1.82) is 0 Å². The molecule has 19 heavy (non-hydrogen) atoms. The van der Waals surface area contributed by atoms with Crippen molar-refractivity contribution in [3.8, 4) is 5.75 Å². The average molecular weight is 260 g/mol. The zero-order valence-corrected chi connectivity index (χ0v) is 11.2. The molecule has 1 amide bonds. The molecule has 2 unspecified atom stereocenters. The number of aromatic hydroxyl groups is 1. The highest BCUT2D eigenvalue weighted by Crippen LogP contribution is 2.31. The first-order valence-electron chi connectivity index (χ1n) is 6.98. The predicted octanol–water partition coefficient (Wildman–Crippen LogP) is 1.76. The lowest BCUT2D eigenvalue weighted by atomic mass is 10.0. The van der Waals surface area contributed by atoms with Crippen LogP contribution in [0.2, 0.25) is 0 Å². The molecule has 0 bridgehead atoms. The van der Waals surface area contributed by atoms with Crippen LogP contribution in [0, 0.1) is 0 Å². The van der Waals surface area contributed by atoms with E-state index in [0.717, 1.165) is 31.6 Å². The fourth-order valence-electron chi connectivity index (χ4n) is 3.28. The van der Waals surface area contributed by atoms with Crippen LogP contribution in [-0.4, -0.2) is 46.5 Å². The summed E-state index contributed by atoms with van der Waals surface area (Å²) < 4.78 is 0. The minimum absolute atomic E-state index is 0.194. The SMILES string of the molecule is CC(c1ccccc1O)N1CCN2C(=O)CCC2C1. The zero-order chi connectivity index (χ0) is 13.4. The van der Waals surface area contributed by atoms with Crippen LogP contribution >= 0.6 is 0 Å². The standard InChI is InChI=1S/C15H20N2O2/c1-11(13-4-2-3-5-14(13)18)16-8-9-17-12(10-16)6-7-15(17)19/h2-5,11-12,18H,6-10H2,1H3. The number of hydrogen-bond donors (Lipinski definition) is 1. The number of fused-ring (bicyclic) bond motifs is 1. The van der Waals surface area contributed by atoms with E-state index in [-0.39, 0.29) is 6.04 Å². The normalized spacial score (nSPS) is 25.4. The highest BCUT2D eigenvalue weighted by atomic mass is 16.3. The van der Waals surface area contributed by atoms with Gasteiger partial charge in [-0.25, -0.2) is 0 Å². The molecule has 0 radical (unpaired) electrons. The minimum Gasteiger partial charge on any atom is -0.508 e. The van der Waals surface area contributed by atoms with Crippen molar-refractivity contribution in [3.05, 3.63) is 29.8 Å². The second-order valence-corrected chi connectivity index (χ2v) is 5.51. The van der Waals surface area contributed by atoms with Crippen molar-refractivity contribution in [3.63, 3.8) is 0 Å². The third-order valence-corrected chi connectivity index (χ3v) is 4.46. The van der Waals surface area contributed by atoms with Crippen LogP contribution in [0.1, 0.15) is 31.4 Å². The van der Waals surface area contributed by atoms with E-state index >= 15 is 0 Å². The number of para-hydroxylation sites is 1. The fraction of sp³-hybridized carbons (Fsp3) is 0.533. The summed E-state index contributed by atoms with van der Waals surface area (Å²) in [6.45, 7) is 4.75. The molecule has 2 atom stereocenters. The third-order valence-electron chi connectivity index (χ3n) is 4.46. The molecule has 1 aromatic rings. The number of carbonyl (C=O) groups excluding carboxylic acids is 1. The zero-order valence-electron chi connectivity index (χ0n) is 11.2.